The van der Waals surface area contributed by atoms with Gasteiger partial charge in [0, 0.05) is 12.6 Å². The molecule has 3 rings (SSSR count). The highest BCUT2D eigenvalue weighted by Gasteiger charge is 2.52. The summed E-state index contributed by atoms with van der Waals surface area (Å²) in [6, 6.07) is 8.89. The first-order chi connectivity index (χ1) is 11.9. The molecule has 2 fully saturated rings. The number of urea groups is 1. The Labute approximate surface area is 146 Å². The van der Waals surface area contributed by atoms with Crippen LogP contribution in [0.3, 0.4) is 0 Å². The zero-order valence-electron chi connectivity index (χ0n) is 14.3. The number of rotatable bonds is 4. The summed E-state index contributed by atoms with van der Waals surface area (Å²) in [4.78, 5) is 38.1. The van der Waals surface area contributed by atoms with Crippen molar-refractivity contribution in [3.05, 3.63) is 35.9 Å². The van der Waals surface area contributed by atoms with Gasteiger partial charge in [0.1, 0.15) is 0 Å². The number of nitrogens with one attached hydrogen (secondary N) is 2. The second-order valence-electron chi connectivity index (χ2n) is 7.08. The van der Waals surface area contributed by atoms with Crippen LogP contribution in [-0.2, 0) is 16.1 Å². The number of aliphatic carboxylic acids is 1. The fraction of sp³-hybridized carbons (Fsp3) is 0.500. The summed E-state index contributed by atoms with van der Waals surface area (Å²) < 4.78 is 0. The average molecular weight is 345 g/mol. The molecule has 2 saturated heterocycles. The fourth-order valence-electron chi connectivity index (χ4n) is 3.70. The molecule has 0 spiro atoms. The van der Waals surface area contributed by atoms with E-state index in [0.717, 1.165) is 5.56 Å². The number of carbonyl (C=O) groups is 3. The molecule has 1 aromatic carbocycles. The van der Waals surface area contributed by atoms with E-state index in [0.29, 0.717) is 13.0 Å². The minimum Gasteiger partial charge on any atom is -0.481 e. The molecule has 7 heteroatoms. The van der Waals surface area contributed by atoms with Crippen molar-refractivity contribution in [2.75, 3.05) is 0 Å². The molecule has 0 bridgehead atoms. The highest BCUT2D eigenvalue weighted by atomic mass is 16.4. The normalized spacial score (nSPS) is 29.3. The van der Waals surface area contributed by atoms with E-state index in [1.54, 1.807) is 0 Å². The van der Waals surface area contributed by atoms with E-state index in [9.17, 15) is 19.5 Å². The smallest absolute Gasteiger partial charge is 0.325 e. The van der Waals surface area contributed by atoms with Crippen molar-refractivity contribution in [1.82, 2.24) is 15.5 Å². The predicted octanol–water partition coefficient (Wildman–Crippen LogP) is 1.40. The second-order valence-corrected chi connectivity index (χ2v) is 7.08. The summed E-state index contributed by atoms with van der Waals surface area (Å²) in [7, 11) is 0. The molecule has 25 heavy (non-hydrogen) atoms. The van der Waals surface area contributed by atoms with E-state index >= 15 is 0 Å². The fourth-order valence-corrected chi connectivity index (χ4v) is 3.70. The molecule has 0 radical (unpaired) electrons. The van der Waals surface area contributed by atoms with Crippen molar-refractivity contribution in [1.29, 1.82) is 0 Å². The largest absolute Gasteiger partial charge is 0.481 e. The third-order valence-corrected chi connectivity index (χ3v) is 5.11. The number of piperidine rings is 1. The Morgan fingerprint density at radius 1 is 1.28 bits per heavy atom. The van der Waals surface area contributed by atoms with E-state index in [1.807, 2.05) is 44.2 Å². The Morgan fingerprint density at radius 3 is 2.56 bits per heavy atom. The average Bonchev–Trinajstić information content (AvgIpc) is 2.58. The summed E-state index contributed by atoms with van der Waals surface area (Å²) in [5, 5.41) is 15.3. The molecule has 1 aromatic rings. The Bertz CT molecular complexity index is 676. The van der Waals surface area contributed by atoms with Crippen molar-refractivity contribution in [2.24, 2.45) is 17.8 Å². The summed E-state index contributed by atoms with van der Waals surface area (Å²) >= 11 is 0. The first-order valence-corrected chi connectivity index (χ1v) is 8.52. The van der Waals surface area contributed by atoms with Crippen LogP contribution in [-0.4, -0.2) is 40.1 Å². The lowest BCUT2D eigenvalue weighted by molar-refractivity contribution is -0.154. The number of nitrogens with zero attached hydrogens (tertiary/aromatic N) is 1. The highest BCUT2D eigenvalue weighted by molar-refractivity contribution is 6.00. The predicted molar refractivity (Wildman–Crippen MR) is 90.3 cm³/mol. The Morgan fingerprint density at radius 2 is 1.96 bits per heavy atom. The van der Waals surface area contributed by atoms with Gasteiger partial charge in [-0.3, -0.25) is 20.2 Å². The van der Waals surface area contributed by atoms with E-state index in [-0.39, 0.29) is 12.0 Å². The van der Waals surface area contributed by atoms with Crippen molar-refractivity contribution in [2.45, 2.75) is 39.0 Å². The van der Waals surface area contributed by atoms with Crippen LogP contribution in [0.25, 0.3) is 0 Å². The van der Waals surface area contributed by atoms with Crippen molar-refractivity contribution < 1.29 is 19.5 Å². The van der Waals surface area contributed by atoms with Gasteiger partial charge in [-0.2, -0.15) is 0 Å². The maximum Gasteiger partial charge on any atom is 0.325 e. The Kier molecular flexibility index (Phi) is 4.76. The first kappa shape index (κ1) is 17.4. The Hall–Kier alpha value is -2.41. The van der Waals surface area contributed by atoms with Crippen molar-refractivity contribution in [3.8, 4) is 0 Å². The summed E-state index contributed by atoms with van der Waals surface area (Å²) in [6.07, 6.45) is -0.252. The number of fused-ring (bicyclic) bond motifs is 1. The van der Waals surface area contributed by atoms with Crippen LogP contribution in [0.15, 0.2) is 30.3 Å². The maximum atomic E-state index is 12.4. The van der Waals surface area contributed by atoms with Gasteiger partial charge in [0.15, 0.2) is 0 Å². The number of carboxylic acids is 1. The third kappa shape index (κ3) is 3.37. The summed E-state index contributed by atoms with van der Waals surface area (Å²) in [5.74, 6) is -2.92. The molecule has 3 amide bonds. The summed E-state index contributed by atoms with van der Waals surface area (Å²) in [5.41, 5.74) is 0.922. The minimum atomic E-state index is -0.994. The van der Waals surface area contributed by atoms with Gasteiger partial charge in [-0.15, -0.1) is 0 Å². The van der Waals surface area contributed by atoms with Crippen LogP contribution >= 0.6 is 0 Å². The number of hydrogen-bond donors (Lipinski definition) is 3. The first-order valence-electron chi connectivity index (χ1n) is 8.52. The molecule has 0 saturated carbocycles. The number of amides is 3. The van der Waals surface area contributed by atoms with Gasteiger partial charge in [0.25, 0.3) is 0 Å². The Balaban J connectivity index is 1.93. The molecule has 0 aliphatic carbocycles. The molecule has 2 aliphatic rings. The molecule has 3 N–H and O–H groups in total. The molecule has 134 valence electrons. The quantitative estimate of drug-likeness (QED) is 0.766. The third-order valence-electron chi connectivity index (χ3n) is 5.11. The number of carbonyl (C=O) groups excluding carboxylic acids is 2. The van der Waals surface area contributed by atoms with Crippen LogP contribution in [0.4, 0.5) is 4.79 Å². The standard InChI is InChI=1S/C18H23N3O4/c1-10(2)13-8-12(17(23)24)14-15(19-13)21(18(25)20-16(14)22)9-11-6-4-3-5-7-11/h3-7,10,12-15,19H,8-9H2,1-2H3,(H,23,24)(H,20,22,25). The second kappa shape index (κ2) is 6.84. The lowest BCUT2D eigenvalue weighted by Crippen LogP contribution is -2.71. The molecular weight excluding hydrogens is 322 g/mol. The van der Waals surface area contributed by atoms with Gasteiger partial charge in [0.2, 0.25) is 5.91 Å². The SMILES string of the molecule is CC(C)C1CC(C(=O)O)C2C(=O)NC(=O)N(Cc3ccccc3)C2N1. The highest BCUT2D eigenvalue weighted by Crippen LogP contribution is 2.34. The maximum absolute atomic E-state index is 12.4. The number of benzene rings is 1. The van der Waals surface area contributed by atoms with Crippen LogP contribution in [0.5, 0.6) is 0 Å². The van der Waals surface area contributed by atoms with Gasteiger partial charge in [-0.05, 0) is 17.9 Å². The van der Waals surface area contributed by atoms with Crippen LogP contribution in [0, 0.1) is 17.8 Å². The van der Waals surface area contributed by atoms with E-state index in [1.165, 1.54) is 4.90 Å². The lowest BCUT2D eigenvalue weighted by Gasteiger charge is -2.48. The molecule has 4 unspecified atom stereocenters. The van der Waals surface area contributed by atoms with E-state index in [2.05, 4.69) is 10.6 Å². The molecule has 7 nitrogen and oxygen atoms in total. The molecular formula is C18H23N3O4. The van der Waals surface area contributed by atoms with Crippen molar-refractivity contribution >= 4 is 17.9 Å². The molecule has 2 heterocycles. The van der Waals surface area contributed by atoms with E-state index < -0.39 is 35.9 Å². The van der Waals surface area contributed by atoms with E-state index in [4.69, 9.17) is 0 Å². The number of hydrogen-bond acceptors (Lipinski definition) is 4. The monoisotopic (exact) mass is 345 g/mol. The molecule has 4 atom stereocenters. The topological polar surface area (TPSA) is 98.7 Å². The zero-order valence-corrected chi connectivity index (χ0v) is 14.3. The molecule has 0 aromatic heterocycles. The van der Waals surface area contributed by atoms with Gasteiger partial charge < -0.3 is 10.0 Å². The minimum absolute atomic E-state index is 0.0701. The zero-order chi connectivity index (χ0) is 18.1. The van der Waals surface area contributed by atoms with Gasteiger partial charge in [-0.25, -0.2) is 4.79 Å². The number of imide groups is 1. The van der Waals surface area contributed by atoms with Gasteiger partial charge >= 0.3 is 12.0 Å². The van der Waals surface area contributed by atoms with Crippen LogP contribution in [0.2, 0.25) is 0 Å². The lowest BCUT2D eigenvalue weighted by atomic mass is 9.76. The number of carboxylic acid groups (broad SMARTS) is 1. The van der Waals surface area contributed by atoms with Gasteiger partial charge in [0.05, 0.1) is 18.0 Å². The van der Waals surface area contributed by atoms with Crippen LogP contribution in [0.1, 0.15) is 25.8 Å². The van der Waals surface area contributed by atoms with Crippen LogP contribution < -0.4 is 10.6 Å². The molecule has 2 aliphatic heterocycles. The van der Waals surface area contributed by atoms with Crippen molar-refractivity contribution in [3.63, 3.8) is 0 Å². The summed E-state index contributed by atoms with van der Waals surface area (Å²) in [6.45, 7) is 4.32. The van der Waals surface area contributed by atoms with Gasteiger partial charge in [-0.1, -0.05) is 44.2 Å².